The summed E-state index contributed by atoms with van der Waals surface area (Å²) in [5, 5.41) is 8.04. The smallest absolute Gasteiger partial charge is 0.252 e. The fourth-order valence-corrected chi connectivity index (χ4v) is 5.63. The number of hydrogen-bond donors (Lipinski definition) is 2. The van der Waals surface area contributed by atoms with Gasteiger partial charge in [0.25, 0.3) is 5.91 Å². The number of benzene rings is 2. The summed E-state index contributed by atoms with van der Waals surface area (Å²) in [5.74, 6) is 0.258. The van der Waals surface area contributed by atoms with E-state index in [0.29, 0.717) is 40.5 Å². The van der Waals surface area contributed by atoms with Gasteiger partial charge in [0.2, 0.25) is 5.91 Å². The molecule has 0 bridgehead atoms. The Morgan fingerprint density at radius 2 is 1.85 bits per heavy atom. The van der Waals surface area contributed by atoms with Gasteiger partial charge in [-0.2, -0.15) is 0 Å². The van der Waals surface area contributed by atoms with Gasteiger partial charge in [0, 0.05) is 46.1 Å². The Labute approximate surface area is 208 Å². The number of hydrogen-bond acceptors (Lipinski definition) is 3. The first kappa shape index (κ1) is 24.0. The lowest BCUT2D eigenvalue weighted by Crippen LogP contribution is -2.37. The molecule has 33 heavy (non-hydrogen) atoms. The van der Waals surface area contributed by atoms with Gasteiger partial charge in [-0.3, -0.25) is 9.59 Å². The quantitative estimate of drug-likeness (QED) is 0.375. The minimum Gasteiger partial charge on any atom is -0.353 e. The molecule has 0 atom stereocenters. The highest BCUT2D eigenvalue weighted by atomic mass is 35.5. The Morgan fingerprint density at radius 3 is 2.64 bits per heavy atom. The van der Waals surface area contributed by atoms with Crippen LogP contribution in [0.4, 0.5) is 0 Å². The van der Waals surface area contributed by atoms with Crippen LogP contribution in [-0.4, -0.2) is 34.7 Å². The molecule has 1 saturated carbocycles. The Bertz CT molecular complexity index is 1140. The van der Waals surface area contributed by atoms with Crippen LogP contribution in [0.2, 0.25) is 10.0 Å². The molecule has 2 aromatic carbocycles. The molecule has 0 aliphatic heterocycles. The zero-order valence-electron chi connectivity index (χ0n) is 18.3. The molecule has 4 rings (SSSR count). The van der Waals surface area contributed by atoms with Crippen molar-refractivity contribution in [2.24, 2.45) is 0 Å². The Morgan fingerprint density at radius 1 is 1.06 bits per heavy atom. The van der Waals surface area contributed by atoms with Crippen molar-refractivity contribution in [2.45, 2.75) is 49.6 Å². The summed E-state index contributed by atoms with van der Waals surface area (Å²) in [6.45, 7) is 1.05. The first-order valence-electron chi connectivity index (χ1n) is 11.2. The highest BCUT2D eigenvalue weighted by molar-refractivity contribution is 8.00. The summed E-state index contributed by atoms with van der Waals surface area (Å²) in [7, 11) is 0. The predicted molar refractivity (Wildman–Crippen MR) is 136 cm³/mol. The lowest BCUT2D eigenvalue weighted by Gasteiger charge is -2.22. The van der Waals surface area contributed by atoms with Crippen LogP contribution in [0.3, 0.4) is 0 Å². The number of carbonyl (C=O) groups excluding carboxylic acids is 2. The summed E-state index contributed by atoms with van der Waals surface area (Å²) >= 11 is 13.6. The van der Waals surface area contributed by atoms with E-state index in [-0.39, 0.29) is 11.8 Å². The fraction of sp³-hybridized carbons (Fsp3) is 0.360. The minimum atomic E-state index is -0.234. The maximum absolute atomic E-state index is 12.5. The van der Waals surface area contributed by atoms with Crippen molar-refractivity contribution >= 4 is 57.7 Å². The third kappa shape index (κ3) is 6.25. The van der Waals surface area contributed by atoms with E-state index in [0.717, 1.165) is 28.6 Å². The molecule has 0 saturated heterocycles. The summed E-state index contributed by atoms with van der Waals surface area (Å²) in [6, 6.07) is 13.3. The highest BCUT2D eigenvalue weighted by Gasteiger charge is 2.17. The third-order valence-corrected chi connectivity index (χ3v) is 7.49. The molecule has 5 nitrogen and oxygen atoms in total. The third-order valence-electron chi connectivity index (χ3n) is 5.90. The van der Waals surface area contributed by atoms with E-state index < -0.39 is 0 Å². The van der Waals surface area contributed by atoms with Crippen LogP contribution in [0.15, 0.2) is 53.6 Å². The Kier molecular flexibility index (Phi) is 8.23. The van der Waals surface area contributed by atoms with Gasteiger partial charge in [0.15, 0.2) is 0 Å². The van der Waals surface area contributed by atoms with Crippen LogP contribution in [0.25, 0.3) is 10.9 Å². The molecule has 2 amide bonds. The van der Waals surface area contributed by atoms with Crippen LogP contribution in [0, 0.1) is 0 Å². The van der Waals surface area contributed by atoms with Crippen molar-refractivity contribution in [3.05, 3.63) is 64.3 Å². The fourth-order valence-electron chi connectivity index (χ4n) is 4.23. The van der Waals surface area contributed by atoms with Crippen molar-refractivity contribution in [1.29, 1.82) is 0 Å². The van der Waals surface area contributed by atoms with Crippen molar-refractivity contribution in [2.75, 3.05) is 12.3 Å². The molecule has 0 unspecified atom stereocenters. The Hall–Kier alpha value is -2.15. The first-order valence-corrected chi connectivity index (χ1v) is 13.0. The van der Waals surface area contributed by atoms with E-state index in [9.17, 15) is 9.59 Å². The number of thioether (sulfide) groups is 1. The van der Waals surface area contributed by atoms with Crippen LogP contribution in [-0.2, 0) is 11.3 Å². The van der Waals surface area contributed by atoms with Gasteiger partial charge in [0.05, 0.1) is 16.3 Å². The largest absolute Gasteiger partial charge is 0.353 e. The second-order valence-corrected chi connectivity index (χ2v) is 10.1. The summed E-state index contributed by atoms with van der Waals surface area (Å²) in [6.07, 6.45) is 7.91. The number of nitrogens with zero attached hydrogens (tertiary/aromatic N) is 1. The molecule has 1 aromatic heterocycles. The highest BCUT2D eigenvalue weighted by Crippen LogP contribution is 2.30. The van der Waals surface area contributed by atoms with Crippen LogP contribution in [0.5, 0.6) is 0 Å². The van der Waals surface area contributed by atoms with E-state index in [2.05, 4.69) is 33.5 Å². The molecule has 2 N–H and O–H groups in total. The van der Waals surface area contributed by atoms with Gasteiger partial charge in [-0.1, -0.05) is 60.7 Å². The number of rotatable bonds is 8. The van der Waals surface area contributed by atoms with E-state index in [1.165, 1.54) is 19.3 Å². The zero-order valence-corrected chi connectivity index (χ0v) is 20.6. The zero-order chi connectivity index (χ0) is 23.2. The summed E-state index contributed by atoms with van der Waals surface area (Å²) in [5.41, 5.74) is 1.48. The molecule has 1 aliphatic carbocycles. The second-order valence-electron chi connectivity index (χ2n) is 8.28. The van der Waals surface area contributed by atoms with E-state index in [4.69, 9.17) is 23.2 Å². The molecule has 0 spiro atoms. The average Bonchev–Trinajstić information content (AvgIpc) is 3.16. The second kappa shape index (κ2) is 11.3. The van der Waals surface area contributed by atoms with Crippen molar-refractivity contribution in [3.63, 3.8) is 0 Å². The number of para-hydroxylation sites is 1. The van der Waals surface area contributed by atoms with Gasteiger partial charge >= 0.3 is 0 Å². The van der Waals surface area contributed by atoms with E-state index in [1.54, 1.807) is 30.0 Å². The monoisotopic (exact) mass is 503 g/mol. The molecule has 1 aliphatic rings. The molecular weight excluding hydrogens is 477 g/mol. The van der Waals surface area contributed by atoms with Gasteiger partial charge in [-0.05, 0) is 37.1 Å². The molecule has 3 aromatic rings. The lowest BCUT2D eigenvalue weighted by atomic mass is 9.95. The number of aromatic nitrogens is 1. The molecule has 8 heteroatoms. The SMILES string of the molecule is O=C(CSc1cn(CCNC(=O)c2ccc(Cl)cc2Cl)c2ccccc12)NC1CCCCC1. The van der Waals surface area contributed by atoms with Gasteiger partial charge in [0.1, 0.15) is 0 Å². The summed E-state index contributed by atoms with van der Waals surface area (Å²) < 4.78 is 2.11. The lowest BCUT2D eigenvalue weighted by molar-refractivity contribution is -0.119. The molecular formula is C25H27Cl2N3O2S. The minimum absolute atomic E-state index is 0.0934. The number of nitrogens with one attached hydrogen (secondary N) is 2. The molecule has 174 valence electrons. The Balaban J connectivity index is 1.36. The van der Waals surface area contributed by atoms with Crippen molar-refractivity contribution < 1.29 is 9.59 Å². The van der Waals surface area contributed by atoms with E-state index >= 15 is 0 Å². The van der Waals surface area contributed by atoms with Crippen molar-refractivity contribution in [1.82, 2.24) is 15.2 Å². The van der Waals surface area contributed by atoms with E-state index in [1.807, 2.05) is 12.1 Å². The molecule has 1 heterocycles. The summed E-state index contributed by atoms with van der Waals surface area (Å²) in [4.78, 5) is 26.0. The predicted octanol–water partition coefficient (Wildman–Crippen LogP) is 5.92. The van der Waals surface area contributed by atoms with Gasteiger partial charge in [-0.25, -0.2) is 0 Å². The maximum Gasteiger partial charge on any atom is 0.252 e. The number of fused-ring (bicyclic) bond motifs is 1. The topological polar surface area (TPSA) is 63.1 Å². The van der Waals surface area contributed by atoms with Crippen LogP contribution in [0.1, 0.15) is 42.5 Å². The average molecular weight is 504 g/mol. The molecule has 0 radical (unpaired) electrons. The van der Waals surface area contributed by atoms with Gasteiger partial charge < -0.3 is 15.2 Å². The number of carbonyl (C=O) groups is 2. The van der Waals surface area contributed by atoms with Crippen LogP contribution < -0.4 is 10.6 Å². The molecule has 1 fully saturated rings. The van der Waals surface area contributed by atoms with Gasteiger partial charge in [-0.15, -0.1) is 11.8 Å². The number of halogens is 2. The standard InChI is InChI=1S/C25H27Cl2N3O2S/c26-17-10-11-19(21(27)14-17)25(32)28-12-13-30-15-23(20-8-4-5-9-22(20)30)33-16-24(31)29-18-6-2-1-3-7-18/h4-5,8-11,14-15,18H,1-3,6-7,12-13,16H2,(H,28,32)(H,29,31). The van der Waals surface area contributed by atoms with Crippen molar-refractivity contribution in [3.8, 4) is 0 Å². The first-order chi connectivity index (χ1) is 16.0. The van der Waals surface area contributed by atoms with Crippen LogP contribution >= 0.6 is 35.0 Å². The number of amides is 2. The normalized spacial score (nSPS) is 14.4. The maximum atomic E-state index is 12.5.